The van der Waals surface area contributed by atoms with Crippen molar-refractivity contribution in [3.8, 4) is 11.6 Å². The SMILES string of the molecule is O=C(NCc1cc2ccccc2s1)c1cccnc1Oc1ccc(F)cc1. The molecular formula is C21H15FN2O2S. The number of carbonyl (C=O) groups excluding carboxylic acids is 1. The van der Waals surface area contributed by atoms with E-state index in [-0.39, 0.29) is 17.6 Å². The van der Waals surface area contributed by atoms with Gasteiger partial charge in [-0.25, -0.2) is 9.37 Å². The molecule has 2 aromatic carbocycles. The predicted molar refractivity (Wildman–Crippen MR) is 104 cm³/mol. The summed E-state index contributed by atoms with van der Waals surface area (Å²) in [5.41, 5.74) is 0.322. The lowest BCUT2D eigenvalue weighted by atomic mass is 10.2. The molecule has 2 aromatic heterocycles. The third-order valence-corrected chi connectivity index (χ3v) is 5.06. The molecule has 4 nitrogen and oxygen atoms in total. The van der Waals surface area contributed by atoms with E-state index < -0.39 is 0 Å². The maximum Gasteiger partial charge on any atom is 0.257 e. The molecule has 0 unspecified atom stereocenters. The lowest BCUT2D eigenvalue weighted by Gasteiger charge is -2.10. The van der Waals surface area contributed by atoms with Crippen LogP contribution in [-0.4, -0.2) is 10.9 Å². The van der Waals surface area contributed by atoms with Crippen LogP contribution in [0.15, 0.2) is 72.9 Å². The smallest absolute Gasteiger partial charge is 0.257 e. The molecule has 1 N–H and O–H groups in total. The first-order valence-electron chi connectivity index (χ1n) is 8.33. The average molecular weight is 378 g/mol. The highest BCUT2D eigenvalue weighted by Crippen LogP contribution is 2.26. The van der Waals surface area contributed by atoms with Crippen molar-refractivity contribution >= 4 is 27.3 Å². The van der Waals surface area contributed by atoms with Crippen molar-refractivity contribution in [3.63, 3.8) is 0 Å². The van der Waals surface area contributed by atoms with Gasteiger partial charge in [-0.1, -0.05) is 18.2 Å². The van der Waals surface area contributed by atoms with E-state index in [4.69, 9.17) is 4.74 Å². The number of hydrogen-bond acceptors (Lipinski definition) is 4. The van der Waals surface area contributed by atoms with Gasteiger partial charge in [0.05, 0.1) is 6.54 Å². The lowest BCUT2D eigenvalue weighted by molar-refractivity contribution is 0.0948. The zero-order chi connectivity index (χ0) is 18.6. The predicted octanol–water partition coefficient (Wildman–Crippen LogP) is 5.16. The maximum atomic E-state index is 13.0. The number of nitrogens with zero attached hydrogens (tertiary/aromatic N) is 1. The van der Waals surface area contributed by atoms with E-state index in [9.17, 15) is 9.18 Å². The van der Waals surface area contributed by atoms with Crippen LogP contribution in [0.25, 0.3) is 10.1 Å². The number of amides is 1. The molecule has 1 amide bonds. The molecule has 27 heavy (non-hydrogen) atoms. The number of thiophene rings is 1. The van der Waals surface area contributed by atoms with Gasteiger partial charge in [0.1, 0.15) is 17.1 Å². The molecule has 6 heteroatoms. The van der Waals surface area contributed by atoms with Crippen LogP contribution in [0, 0.1) is 5.82 Å². The van der Waals surface area contributed by atoms with Crippen molar-refractivity contribution in [2.75, 3.05) is 0 Å². The van der Waals surface area contributed by atoms with Crippen molar-refractivity contribution in [2.45, 2.75) is 6.54 Å². The first-order valence-corrected chi connectivity index (χ1v) is 9.15. The van der Waals surface area contributed by atoms with E-state index >= 15 is 0 Å². The molecule has 0 saturated heterocycles. The van der Waals surface area contributed by atoms with Gasteiger partial charge >= 0.3 is 0 Å². The summed E-state index contributed by atoms with van der Waals surface area (Å²) in [6, 6.07) is 19.0. The number of nitrogens with one attached hydrogen (secondary N) is 1. The van der Waals surface area contributed by atoms with E-state index in [0.29, 0.717) is 17.9 Å². The fourth-order valence-corrected chi connectivity index (χ4v) is 3.65. The van der Waals surface area contributed by atoms with Crippen LogP contribution in [0.5, 0.6) is 11.6 Å². The fourth-order valence-electron chi connectivity index (χ4n) is 2.65. The van der Waals surface area contributed by atoms with Gasteiger partial charge in [0.2, 0.25) is 5.88 Å². The maximum absolute atomic E-state index is 13.0. The van der Waals surface area contributed by atoms with E-state index in [1.807, 2.05) is 18.2 Å². The Balaban J connectivity index is 1.49. The second kappa shape index (κ2) is 7.55. The fraction of sp³-hybridized carbons (Fsp3) is 0.0476. The number of fused-ring (bicyclic) bond motifs is 1. The highest BCUT2D eigenvalue weighted by Gasteiger charge is 2.14. The number of halogens is 1. The molecule has 0 bridgehead atoms. The topological polar surface area (TPSA) is 51.2 Å². The summed E-state index contributed by atoms with van der Waals surface area (Å²) in [6.07, 6.45) is 1.54. The monoisotopic (exact) mass is 378 g/mol. The third-order valence-electron chi connectivity index (χ3n) is 3.94. The second-order valence-corrected chi connectivity index (χ2v) is 7.01. The van der Waals surface area contributed by atoms with Crippen LogP contribution in [0.1, 0.15) is 15.2 Å². The number of aromatic nitrogens is 1. The molecule has 2 heterocycles. The van der Waals surface area contributed by atoms with Gasteiger partial charge in [-0.15, -0.1) is 11.3 Å². The van der Waals surface area contributed by atoms with E-state index in [2.05, 4.69) is 22.4 Å². The van der Waals surface area contributed by atoms with Crippen molar-refractivity contribution in [2.24, 2.45) is 0 Å². The molecule has 0 saturated carbocycles. The molecule has 0 aliphatic rings. The number of carbonyl (C=O) groups is 1. The van der Waals surface area contributed by atoms with Gasteiger partial charge in [0.15, 0.2) is 0 Å². The minimum Gasteiger partial charge on any atom is -0.438 e. The Labute approximate surface area is 159 Å². The van der Waals surface area contributed by atoms with Crippen molar-refractivity contribution in [1.82, 2.24) is 10.3 Å². The van der Waals surface area contributed by atoms with Crippen LogP contribution in [0.2, 0.25) is 0 Å². The lowest BCUT2D eigenvalue weighted by Crippen LogP contribution is -2.23. The van der Waals surface area contributed by atoms with Gasteiger partial charge in [-0.2, -0.15) is 0 Å². The number of benzene rings is 2. The summed E-state index contributed by atoms with van der Waals surface area (Å²) in [5.74, 6) is -0.0473. The highest BCUT2D eigenvalue weighted by molar-refractivity contribution is 7.19. The highest BCUT2D eigenvalue weighted by atomic mass is 32.1. The molecule has 0 aliphatic heterocycles. The largest absolute Gasteiger partial charge is 0.438 e. The van der Waals surface area contributed by atoms with E-state index in [1.165, 1.54) is 29.0 Å². The molecule has 4 rings (SSSR count). The van der Waals surface area contributed by atoms with Gasteiger partial charge in [-0.3, -0.25) is 4.79 Å². The summed E-state index contributed by atoms with van der Waals surface area (Å²) in [4.78, 5) is 17.8. The Morgan fingerprint density at radius 3 is 2.70 bits per heavy atom. The van der Waals surface area contributed by atoms with Crippen LogP contribution in [0.4, 0.5) is 4.39 Å². The average Bonchev–Trinajstić information content (AvgIpc) is 3.11. The Bertz CT molecular complexity index is 1060. The molecule has 0 radical (unpaired) electrons. The Hall–Kier alpha value is -3.25. The summed E-state index contributed by atoms with van der Waals surface area (Å²) < 4.78 is 19.9. The molecule has 0 atom stereocenters. The summed E-state index contributed by atoms with van der Waals surface area (Å²) in [6.45, 7) is 0.420. The number of hydrogen-bond donors (Lipinski definition) is 1. The first kappa shape index (κ1) is 17.2. The molecule has 4 aromatic rings. The zero-order valence-electron chi connectivity index (χ0n) is 14.2. The van der Waals surface area contributed by atoms with Crippen LogP contribution < -0.4 is 10.1 Å². The standard InChI is InChI=1S/C21H15FN2O2S/c22-15-7-9-16(10-8-15)26-21-18(5-3-11-23-21)20(25)24-13-17-12-14-4-1-2-6-19(14)27-17/h1-12H,13H2,(H,24,25). The Morgan fingerprint density at radius 2 is 1.89 bits per heavy atom. The Morgan fingerprint density at radius 1 is 1.07 bits per heavy atom. The molecule has 0 spiro atoms. The van der Waals surface area contributed by atoms with Crippen LogP contribution in [0.3, 0.4) is 0 Å². The van der Waals surface area contributed by atoms with Gasteiger partial charge in [0.25, 0.3) is 5.91 Å². The minimum absolute atomic E-state index is 0.179. The van der Waals surface area contributed by atoms with E-state index in [1.54, 1.807) is 29.7 Å². The summed E-state index contributed by atoms with van der Waals surface area (Å²) >= 11 is 1.65. The minimum atomic E-state index is -0.357. The zero-order valence-corrected chi connectivity index (χ0v) is 15.0. The second-order valence-electron chi connectivity index (χ2n) is 5.85. The van der Waals surface area contributed by atoms with Crippen LogP contribution >= 0.6 is 11.3 Å². The molecule has 134 valence electrons. The third kappa shape index (κ3) is 3.96. The number of ether oxygens (including phenoxy) is 1. The molecular weight excluding hydrogens is 363 g/mol. The van der Waals surface area contributed by atoms with E-state index in [0.717, 1.165) is 10.3 Å². The van der Waals surface area contributed by atoms with Crippen LogP contribution in [-0.2, 0) is 6.54 Å². The van der Waals surface area contributed by atoms with Crippen molar-refractivity contribution in [1.29, 1.82) is 0 Å². The number of pyridine rings is 1. The van der Waals surface area contributed by atoms with Gasteiger partial charge in [0, 0.05) is 15.8 Å². The van der Waals surface area contributed by atoms with Gasteiger partial charge < -0.3 is 10.1 Å². The quantitative estimate of drug-likeness (QED) is 0.522. The summed E-state index contributed by atoms with van der Waals surface area (Å²) in [7, 11) is 0. The molecule has 0 aliphatic carbocycles. The Kier molecular flexibility index (Phi) is 4.80. The van der Waals surface area contributed by atoms with Crippen molar-refractivity contribution in [3.05, 3.63) is 89.2 Å². The van der Waals surface area contributed by atoms with Crippen molar-refractivity contribution < 1.29 is 13.9 Å². The summed E-state index contributed by atoms with van der Waals surface area (Å²) in [5, 5.41) is 4.06. The number of rotatable bonds is 5. The van der Waals surface area contributed by atoms with Gasteiger partial charge in [-0.05, 0) is 53.9 Å². The normalized spacial score (nSPS) is 10.7. The molecule has 0 fully saturated rings. The first-order chi connectivity index (χ1) is 13.2.